The number of carboxylic acids is 1. The smallest absolute Gasteiger partial charge is 0.0725 e. The Morgan fingerprint density at radius 2 is 1.90 bits per heavy atom. The van der Waals surface area contributed by atoms with Crippen molar-refractivity contribution in [3.8, 4) is 0 Å². The van der Waals surface area contributed by atoms with Gasteiger partial charge in [-0.3, -0.25) is 0 Å². The second-order valence-electron chi connectivity index (χ2n) is 8.81. The molecular formula is C25H23ClNO2-. The lowest BCUT2D eigenvalue weighted by molar-refractivity contribution is -0.254. The number of rotatable bonds is 2. The Labute approximate surface area is 176 Å². The van der Waals surface area contributed by atoms with E-state index in [4.69, 9.17) is 16.6 Å². The van der Waals surface area contributed by atoms with Crippen LogP contribution in [0.3, 0.4) is 0 Å². The molecule has 0 fully saturated rings. The van der Waals surface area contributed by atoms with Gasteiger partial charge in [0.05, 0.1) is 17.2 Å². The Kier molecular flexibility index (Phi) is 4.95. The van der Waals surface area contributed by atoms with Crippen LogP contribution in [0.4, 0.5) is 0 Å². The molecule has 1 aliphatic rings. The van der Waals surface area contributed by atoms with Crippen molar-refractivity contribution in [3.63, 3.8) is 0 Å². The summed E-state index contributed by atoms with van der Waals surface area (Å²) in [7, 11) is 0. The highest BCUT2D eigenvalue weighted by molar-refractivity contribution is 6.30. The minimum absolute atomic E-state index is 0.0277. The summed E-state index contributed by atoms with van der Waals surface area (Å²) in [6, 6.07) is 15.1. The van der Waals surface area contributed by atoms with Gasteiger partial charge in [-0.2, -0.15) is 0 Å². The van der Waals surface area contributed by atoms with Crippen LogP contribution in [0.15, 0.2) is 48.5 Å². The lowest BCUT2D eigenvalue weighted by atomic mass is 9.69. The fourth-order valence-corrected chi connectivity index (χ4v) is 4.37. The molecule has 0 aliphatic heterocycles. The fourth-order valence-electron chi connectivity index (χ4n) is 4.17. The summed E-state index contributed by atoms with van der Waals surface area (Å²) in [5.41, 5.74) is 4.55. The number of carbonyl (C=O) groups is 1. The minimum Gasteiger partial charge on any atom is -0.545 e. The molecule has 1 atom stereocenters. The van der Waals surface area contributed by atoms with Crippen LogP contribution >= 0.6 is 11.6 Å². The molecule has 3 aromatic rings. The van der Waals surface area contributed by atoms with Gasteiger partial charge in [0, 0.05) is 16.0 Å². The van der Waals surface area contributed by atoms with Crippen molar-refractivity contribution >= 4 is 40.1 Å². The molecular weight excluding hydrogens is 382 g/mol. The summed E-state index contributed by atoms with van der Waals surface area (Å²) in [5, 5.41) is 13.5. The van der Waals surface area contributed by atoms with Crippen LogP contribution in [0.25, 0.3) is 22.6 Å². The largest absolute Gasteiger partial charge is 0.545 e. The van der Waals surface area contributed by atoms with Gasteiger partial charge in [0.1, 0.15) is 0 Å². The molecule has 4 heteroatoms. The summed E-state index contributed by atoms with van der Waals surface area (Å²) in [4.78, 5) is 17.1. The van der Waals surface area contributed by atoms with E-state index in [0.717, 1.165) is 28.8 Å². The zero-order valence-electron chi connectivity index (χ0n) is 16.8. The molecule has 148 valence electrons. The number of aromatic carboxylic acids is 1. The van der Waals surface area contributed by atoms with Gasteiger partial charge in [-0.05, 0) is 65.1 Å². The molecule has 0 saturated carbocycles. The van der Waals surface area contributed by atoms with Crippen LogP contribution in [-0.4, -0.2) is 11.0 Å². The number of carboxylic acid groups (broad SMARTS) is 1. The molecule has 2 aromatic carbocycles. The lowest BCUT2D eigenvalue weighted by Gasteiger charge is -2.37. The maximum atomic E-state index is 12.2. The van der Waals surface area contributed by atoms with Crippen LogP contribution in [0.1, 0.15) is 54.4 Å². The lowest BCUT2D eigenvalue weighted by Crippen LogP contribution is -2.31. The molecule has 3 nitrogen and oxygen atoms in total. The third-order valence-electron chi connectivity index (χ3n) is 5.83. The van der Waals surface area contributed by atoms with E-state index in [1.807, 2.05) is 48.5 Å². The van der Waals surface area contributed by atoms with Gasteiger partial charge in [-0.25, -0.2) is 4.98 Å². The number of nitrogens with zero attached hydrogens (tertiary/aromatic N) is 1. The normalized spacial score (nSPS) is 18.1. The van der Waals surface area contributed by atoms with Crippen molar-refractivity contribution in [3.05, 3.63) is 75.9 Å². The number of hydrogen-bond donors (Lipinski definition) is 0. The third kappa shape index (κ3) is 3.79. The number of allylic oxidation sites excluding steroid dienone is 1. The van der Waals surface area contributed by atoms with Gasteiger partial charge in [0.25, 0.3) is 0 Å². The predicted octanol–water partition coefficient (Wildman–Crippen LogP) is 5.40. The maximum absolute atomic E-state index is 12.2. The van der Waals surface area contributed by atoms with Crippen LogP contribution in [0.2, 0.25) is 5.02 Å². The SMILES string of the molecule is CC(C)(C)[C@@H]1C/C(=C\c2cccc(Cl)c2)c2nc3ccccc3c(C(=O)[O-])c2C1. The van der Waals surface area contributed by atoms with E-state index in [0.29, 0.717) is 28.3 Å². The third-order valence-corrected chi connectivity index (χ3v) is 6.07. The zero-order valence-corrected chi connectivity index (χ0v) is 17.6. The van der Waals surface area contributed by atoms with E-state index < -0.39 is 5.97 Å². The highest BCUT2D eigenvalue weighted by Crippen LogP contribution is 2.44. The Hall–Kier alpha value is -2.65. The second kappa shape index (κ2) is 7.31. The van der Waals surface area contributed by atoms with Crippen LogP contribution in [0.5, 0.6) is 0 Å². The van der Waals surface area contributed by atoms with Gasteiger partial charge in [-0.15, -0.1) is 0 Å². The first kappa shape index (κ1) is 19.7. The topological polar surface area (TPSA) is 53.0 Å². The monoisotopic (exact) mass is 404 g/mol. The van der Waals surface area contributed by atoms with E-state index >= 15 is 0 Å². The number of fused-ring (bicyclic) bond motifs is 2. The zero-order chi connectivity index (χ0) is 20.8. The average Bonchev–Trinajstić information content (AvgIpc) is 2.65. The van der Waals surface area contributed by atoms with Crippen molar-refractivity contribution in [2.75, 3.05) is 0 Å². The van der Waals surface area contributed by atoms with Crippen LogP contribution < -0.4 is 5.11 Å². The van der Waals surface area contributed by atoms with Crippen molar-refractivity contribution < 1.29 is 9.90 Å². The maximum Gasteiger partial charge on any atom is 0.0725 e. The Balaban J connectivity index is 2.00. The standard InChI is InChI=1S/C25H24ClNO2/c1-25(2,3)17-13-16(11-15-7-6-8-18(26)12-15)23-20(14-17)22(24(28)29)19-9-4-5-10-21(19)27-23/h4-12,17H,13-14H2,1-3H3,(H,28,29)/p-1/b16-11+/t17-/m1/s1. The average molecular weight is 405 g/mol. The highest BCUT2D eigenvalue weighted by Gasteiger charge is 2.34. The molecule has 1 aromatic heterocycles. The van der Waals surface area contributed by atoms with Crippen molar-refractivity contribution in [1.82, 2.24) is 4.98 Å². The van der Waals surface area contributed by atoms with E-state index in [1.165, 1.54) is 0 Å². The summed E-state index contributed by atoms with van der Waals surface area (Å²) in [5.74, 6) is -0.849. The summed E-state index contributed by atoms with van der Waals surface area (Å²) in [6.45, 7) is 6.60. The Morgan fingerprint density at radius 3 is 2.59 bits per heavy atom. The number of benzene rings is 2. The van der Waals surface area contributed by atoms with Crippen molar-refractivity contribution in [1.29, 1.82) is 0 Å². The molecule has 29 heavy (non-hydrogen) atoms. The highest BCUT2D eigenvalue weighted by atomic mass is 35.5. The number of carbonyl (C=O) groups excluding carboxylic acids is 1. The first-order valence-corrected chi connectivity index (χ1v) is 10.2. The van der Waals surface area contributed by atoms with Crippen LogP contribution in [0, 0.1) is 11.3 Å². The summed E-state index contributed by atoms with van der Waals surface area (Å²) >= 11 is 6.18. The van der Waals surface area contributed by atoms with E-state index in [1.54, 1.807) is 0 Å². The molecule has 0 radical (unpaired) electrons. The van der Waals surface area contributed by atoms with Crippen molar-refractivity contribution in [2.24, 2.45) is 11.3 Å². The summed E-state index contributed by atoms with van der Waals surface area (Å²) in [6.07, 6.45) is 3.59. The number of para-hydroxylation sites is 1. The Bertz CT molecular complexity index is 1140. The van der Waals surface area contributed by atoms with E-state index in [2.05, 4.69) is 26.8 Å². The van der Waals surface area contributed by atoms with Crippen LogP contribution in [-0.2, 0) is 6.42 Å². The quantitative estimate of drug-likeness (QED) is 0.574. The molecule has 0 bridgehead atoms. The van der Waals surface area contributed by atoms with Gasteiger partial charge < -0.3 is 9.90 Å². The van der Waals surface area contributed by atoms with Crippen molar-refractivity contribution in [2.45, 2.75) is 33.6 Å². The van der Waals surface area contributed by atoms with E-state index in [9.17, 15) is 9.90 Å². The first-order valence-electron chi connectivity index (χ1n) is 9.83. The Morgan fingerprint density at radius 1 is 1.14 bits per heavy atom. The fraction of sp³-hybridized carbons (Fsp3) is 0.280. The first-order chi connectivity index (χ1) is 13.7. The molecule has 1 heterocycles. The molecule has 0 unspecified atom stereocenters. The molecule has 1 aliphatic carbocycles. The second-order valence-corrected chi connectivity index (χ2v) is 9.25. The van der Waals surface area contributed by atoms with Gasteiger partial charge in [-0.1, -0.05) is 62.7 Å². The molecule has 4 rings (SSSR count). The molecule has 0 amide bonds. The minimum atomic E-state index is -1.14. The van der Waals surface area contributed by atoms with E-state index in [-0.39, 0.29) is 11.0 Å². The number of pyridine rings is 1. The number of hydrogen-bond acceptors (Lipinski definition) is 3. The number of aromatic nitrogens is 1. The van der Waals surface area contributed by atoms with Gasteiger partial charge >= 0.3 is 0 Å². The summed E-state index contributed by atoms with van der Waals surface area (Å²) < 4.78 is 0. The molecule has 0 saturated heterocycles. The van der Waals surface area contributed by atoms with Gasteiger partial charge in [0.15, 0.2) is 0 Å². The molecule has 0 N–H and O–H groups in total. The number of halogens is 1. The molecule has 0 spiro atoms. The predicted molar refractivity (Wildman–Crippen MR) is 117 cm³/mol. The van der Waals surface area contributed by atoms with Gasteiger partial charge in [0.2, 0.25) is 0 Å².